The largest absolute Gasteiger partial charge is 0.508 e. The fraction of sp³-hybridized carbons (Fsp3) is 0.111. The summed E-state index contributed by atoms with van der Waals surface area (Å²) >= 11 is 0. The van der Waals surface area contributed by atoms with Crippen molar-refractivity contribution in [3.05, 3.63) is 65.2 Å². The fourth-order valence-electron chi connectivity index (χ4n) is 2.03. The van der Waals surface area contributed by atoms with Crippen molar-refractivity contribution in [3.8, 4) is 11.5 Å². The van der Waals surface area contributed by atoms with Gasteiger partial charge in [0.15, 0.2) is 5.78 Å². The van der Waals surface area contributed by atoms with Gasteiger partial charge in [-0.2, -0.15) is 0 Å². The van der Waals surface area contributed by atoms with E-state index in [9.17, 15) is 14.7 Å². The van der Waals surface area contributed by atoms with Crippen LogP contribution in [0.5, 0.6) is 11.5 Å². The van der Waals surface area contributed by atoms with Crippen molar-refractivity contribution in [2.24, 2.45) is 0 Å². The quantitative estimate of drug-likeness (QED) is 0.633. The zero-order valence-corrected chi connectivity index (χ0v) is 12.5. The number of carbonyl (C=O) groups excluding carboxylic acids is 1. The van der Waals surface area contributed by atoms with Crippen LogP contribution in [-0.4, -0.2) is 29.1 Å². The van der Waals surface area contributed by atoms with E-state index >= 15 is 0 Å². The van der Waals surface area contributed by atoms with E-state index in [-0.39, 0.29) is 23.5 Å². The SMILES string of the molecule is COc1ccc(C=CC(=O)c2ccc(O)c(CC(=O)O)c2)cc1. The van der Waals surface area contributed by atoms with Gasteiger partial charge in [0.25, 0.3) is 0 Å². The molecule has 0 aliphatic carbocycles. The summed E-state index contributed by atoms with van der Waals surface area (Å²) < 4.78 is 5.06. The Bertz CT molecular complexity index is 745. The monoisotopic (exact) mass is 312 g/mol. The van der Waals surface area contributed by atoms with E-state index in [1.54, 1.807) is 25.3 Å². The lowest BCUT2D eigenvalue weighted by atomic mass is 10.0. The standard InChI is InChI=1S/C18H16O5/c1-23-15-6-2-12(3-7-15)4-8-16(19)13-5-9-17(20)14(10-13)11-18(21)22/h2-10,20H,11H2,1H3,(H,21,22). The van der Waals surface area contributed by atoms with Crippen LogP contribution in [0, 0.1) is 0 Å². The van der Waals surface area contributed by atoms with E-state index in [1.165, 1.54) is 24.3 Å². The van der Waals surface area contributed by atoms with Crippen LogP contribution in [0.25, 0.3) is 6.08 Å². The Labute approximate surface area is 133 Å². The molecule has 0 atom stereocenters. The maximum Gasteiger partial charge on any atom is 0.307 e. The van der Waals surface area contributed by atoms with Crippen molar-refractivity contribution in [3.63, 3.8) is 0 Å². The van der Waals surface area contributed by atoms with Crippen molar-refractivity contribution < 1.29 is 24.5 Å². The lowest BCUT2D eigenvalue weighted by Gasteiger charge is -2.04. The summed E-state index contributed by atoms with van der Waals surface area (Å²) in [6, 6.07) is 11.4. The third-order valence-corrected chi connectivity index (χ3v) is 3.25. The number of methoxy groups -OCH3 is 1. The Morgan fingerprint density at radius 2 is 1.83 bits per heavy atom. The van der Waals surface area contributed by atoms with Crippen molar-refractivity contribution >= 4 is 17.8 Å². The molecule has 0 heterocycles. The number of aromatic hydroxyl groups is 1. The number of phenolic OH excluding ortho intramolecular Hbond substituents is 1. The Morgan fingerprint density at radius 3 is 2.43 bits per heavy atom. The summed E-state index contributed by atoms with van der Waals surface area (Å²) in [6.45, 7) is 0. The molecule has 0 bridgehead atoms. The van der Waals surface area contributed by atoms with Crippen LogP contribution < -0.4 is 4.74 Å². The van der Waals surface area contributed by atoms with Gasteiger partial charge in [0.1, 0.15) is 11.5 Å². The predicted octanol–water partition coefficient (Wildman–Crippen LogP) is 2.92. The highest BCUT2D eigenvalue weighted by atomic mass is 16.5. The Balaban J connectivity index is 2.16. The number of hydrogen-bond donors (Lipinski definition) is 2. The van der Waals surface area contributed by atoms with Gasteiger partial charge in [-0.1, -0.05) is 18.2 Å². The molecule has 0 aromatic heterocycles. The molecule has 0 fully saturated rings. The molecule has 5 nitrogen and oxygen atoms in total. The molecule has 5 heteroatoms. The Morgan fingerprint density at radius 1 is 1.13 bits per heavy atom. The van der Waals surface area contributed by atoms with Crippen LogP contribution in [0.2, 0.25) is 0 Å². The zero-order chi connectivity index (χ0) is 16.8. The van der Waals surface area contributed by atoms with Gasteiger partial charge in [-0.15, -0.1) is 0 Å². The molecule has 23 heavy (non-hydrogen) atoms. The van der Waals surface area contributed by atoms with Crippen LogP contribution in [0.4, 0.5) is 0 Å². The molecule has 0 saturated carbocycles. The van der Waals surface area contributed by atoms with Gasteiger partial charge in [0.05, 0.1) is 13.5 Å². The fourth-order valence-corrected chi connectivity index (χ4v) is 2.03. The number of carboxylic acid groups (broad SMARTS) is 1. The highest BCUT2D eigenvalue weighted by molar-refractivity contribution is 6.07. The summed E-state index contributed by atoms with van der Waals surface area (Å²) in [4.78, 5) is 22.9. The van der Waals surface area contributed by atoms with Crippen molar-refractivity contribution in [1.82, 2.24) is 0 Å². The Kier molecular flexibility index (Phi) is 5.15. The average molecular weight is 312 g/mol. The summed E-state index contributed by atoms with van der Waals surface area (Å²) in [5.41, 5.74) is 1.37. The molecule has 0 spiro atoms. The molecule has 2 rings (SSSR count). The van der Waals surface area contributed by atoms with Crippen molar-refractivity contribution in [1.29, 1.82) is 0 Å². The average Bonchev–Trinajstić information content (AvgIpc) is 2.54. The highest BCUT2D eigenvalue weighted by Crippen LogP contribution is 2.20. The van der Waals surface area contributed by atoms with Gasteiger partial charge >= 0.3 is 5.97 Å². The van der Waals surface area contributed by atoms with E-state index in [0.717, 1.165) is 11.3 Å². The predicted molar refractivity (Wildman–Crippen MR) is 85.8 cm³/mol. The number of aliphatic carboxylic acids is 1. The number of hydrogen-bond acceptors (Lipinski definition) is 4. The summed E-state index contributed by atoms with van der Waals surface area (Å²) in [5.74, 6) is -0.750. The van der Waals surface area contributed by atoms with Crippen molar-refractivity contribution in [2.75, 3.05) is 7.11 Å². The first-order chi connectivity index (χ1) is 11.0. The molecule has 2 aromatic rings. The minimum absolute atomic E-state index is 0.136. The minimum Gasteiger partial charge on any atom is -0.508 e. The zero-order valence-electron chi connectivity index (χ0n) is 12.5. The van der Waals surface area contributed by atoms with Gasteiger partial charge in [0, 0.05) is 11.1 Å². The highest BCUT2D eigenvalue weighted by Gasteiger charge is 2.10. The van der Waals surface area contributed by atoms with Crippen LogP contribution in [0.1, 0.15) is 21.5 Å². The number of benzene rings is 2. The molecule has 2 N–H and O–H groups in total. The third-order valence-electron chi connectivity index (χ3n) is 3.25. The number of ketones is 1. The van der Waals surface area contributed by atoms with Crippen molar-refractivity contribution in [2.45, 2.75) is 6.42 Å². The van der Waals surface area contributed by atoms with Gasteiger partial charge in [-0.3, -0.25) is 9.59 Å². The second kappa shape index (κ2) is 7.26. The minimum atomic E-state index is -1.07. The second-order valence-corrected chi connectivity index (χ2v) is 4.88. The van der Waals surface area contributed by atoms with Crippen LogP contribution >= 0.6 is 0 Å². The van der Waals surface area contributed by atoms with E-state index in [1.807, 2.05) is 12.1 Å². The van der Waals surface area contributed by atoms with E-state index in [2.05, 4.69) is 0 Å². The number of carboxylic acids is 1. The maximum absolute atomic E-state index is 12.1. The molecule has 118 valence electrons. The first kappa shape index (κ1) is 16.3. The maximum atomic E-state index is 12.1. The molecule has 2 aromatic carbocycles. The smallest absolute Gasteiger partial charge is 0.307 e. The normalized spacial score (nSPS) is 10.7. The molecule has 0 aliphatic heterocycles. The number of ether oxygens (including phenoxy) is 1. The Hall–Kier alpha value is -3.08. The lowest BCUT2D eigenvalue weighted by Crippen LogP contribution is -2.02. The van der Waals surface area contributed by atoms with E-state index < -0.39 is 5.97 Å². The summed E-state index contributed by atoms with van der Waals surface area (Å²) in [5, 5.41) is 18.4. The number of allylic oxidation sites excluding steroid dienone is 1. The molecule has 0 amide bonds. The molecular formula is C18H16O5. The van der Waals surface area contributed by atoms with Crippen LogP contribution in [0.15, 0.2) is 48.5 Å². The second-order valence-electron chi connectivity index (χ2n) is 4.88. The first-order valence-corrected chi connectivity index (χ1v) is 6.90. The van der Waals surface area contributed by atoms with Gasteiger partial charge < -0.3 is 14.9 Å². The molecule has 0 saturated heterocycles. The van der Waals surface area contributed by atoms with Gasteiger partial charge in [-0.05, 0) is 42.0 Å². The topological polar surface area (TPSA) is 83.8 Å². The lowest BCUT2D eigenvalue weighted by molar-refractivity contribution is -0.136. The molecule has 0 radical (unpaired) electrons. The van der Waals surface area contributed by atoms with Gasteiger partial charge in [-0.25, -0.2) is 0 Å². The molecule has 0 unspecified atom stereocenters. The first-order valence-electron chi connectivity index (χ1n) is 6.90. The van der Waals surface area contributed by atoms with E-state index in [4.69, 9.17) is 9.84 Å². The molecule has 0 aliphatic rings. The number of phenols is 1. The van der Waals surface area contributed by atoms with Gasteiger partial charge in [0.2, 0.25) is 0 Å². The van der Waals surface area contributed by atoms with Crippen LogP contribution in [-0.2, 0) is 11.2 Å². The third kappa shape index (κ3) is 4.44. The number of carbonyl (C=O) groups is 2. The summed E-state index contributed by atoms with van der Waals surface area (Å²) in [7, 11) is 1.58. The van der Waals surface area contributed by atoms with E-state index in [0.29, 0.717) is 5.56 Å². The summed E-state index contributed by atoms with van der Waals surface area (Å²) in [6.07, 6.45) is 2.72. The van der Waals surface area contributed by atoms with Crippen LogP contribution in [0.3, 0.4) is 0 Å². The number of rotatable bonds is 6. The molecular weight excluding hydrogens is 296 g/mol.